The highest BCUT2D eigenvalue weighted by atomic mass is 16.5. The number of amides is 2. The van der Waals surface area contributed by atoms with Gasteiger partial charge in [-0.3, -0.25) is 4.79 Å². The van der Waals surface area contributed by atoms with Crippen molar-refractivity contribution in [2.45, 2.75) is 83.7 Å². The molecular weight excluding hydrogens is 320 g/mol. The van der Waals surface area contributed by atoms with Gasteiger partial charge in [0.1, 0.15) is 0 Å². The van der Waals surface area contributed by atoms with Gasteiger partial charge in [-0.25, -0.2) is 4.79 Å². The molecule has 1 rings (SSSR count). The van der Waals surface area contributed by atoms with E-state index in [2.05, 4.69) is 10.6 Å². The van der Waals surface area contributed by atoms with Crippen molar-refractivity contribution in [2.75, 3.05) is 26.3 Å². The van der Waals surface area contributed by atoms with E-state index in [0.717, 1.165) is 38.7 Å². The average Bonchev–Trinajstić information content (AvgIpc) is 2.61. The molecule has 1 aliphatic carbocycles. The van der Waals surface area contributed by atoms with Gasteiger partial charge in [0, 0.05) is 26.1 Å². The topological polar surface area (TPSA) is 76.7 Å². The Labute approximate surface area is 152 Å². The molecule has 1 aliphatic rings. The fraction of sp³-hybridized carbons (Fsp3) is 0.895. The van der Waals surface area contributed by atoms with Crippen molar-refractivity contribution in [2.24, 2.45) is 0 Å². The molecule has 6 nitrogen and oxygen atoms in total. The Morgan fingerprint density at radius 3 is 2.32 bits per heavy atom. The van der Waals surface area contributed by atoms with Gasteiger partial charge in [-0.05, 0) is 39.0 Å². The standard InChI is InChI=1S/C19H36N2O4/c1-2-24-18(22)13-8-3-4-9-14-20-19(23)21-15-10-16-25-17-11-6-5-7-12-17/h17H,2-16H2,1H3,(H2,20,21,23). The first kappa shape index (κ1) is 21.7. The van der Waals surface area contributed by atoms with Gasteiger partial charge in [0.15, 0.2) is 0 Å². The van der Waals surface area contributed by atoms with Gasteiger partial charge in [-0.1, -0.05) is 32.1 Å². The lowest BCUT2D eigenvalue weighted by atomic mass is 9.98. The monoisotopic (exact) mass is 356 g/mol. The molecule has 25 heavy (non-hydrogen) atoms. The van der Waals surface area contributed by atoms with E-state index in [1.54, 1.807) is 0 Å². The normalized spacial score (nSPS) is 14.9. The molecule has 0 heterocycles. The summed E-state index contributed by atoms with van der Waals surface area (Å²) < 4.78 is 10.7. The van der Waals surface area contributed by atoms with E-state index >= 15 is 0 Å². The first-order valence-corrected chi connectivity index (χ1v) is 10.0. The molecular formula is C19H36N2O4. The summed E-state index contributed by atoms with van der Waals surface area (Å²) in [7, 11) is 0. The summed E-state index contributed by atoms with van der Waals surface area (Å²) in [4.78, 5) is 22.8. The number of hydrogen-bond acceptors (Lipinski definition) is 4. The zero-order chi connectivity index (χ0) is 18.2. The Morgan fingerprint density at radius 2 is 1.60 bits per heavy atom. The molecule has 0 spiro atoms. The van der Waals surface area contributed by atoms with Gasteiger partial charge < -0.3 is 20.1 Å². The predicted molar refractivity (Wildman–Crippen MR) is 98.6 cm³/mol. The van der Waals surface area contributed by atoms with Crippen LogP contribution in [0.2, 0.25) is 0 Å². The zero-order valence-electron chi connectivity index (χ0n) is 15.8. The second-order valence-electron chi connectivity index (χ2n) is 6.64. The predicted octanol–water partition coefficient (Wildman–Crippen LogP) is 3.54. The van der Waals surface area contributed by atoms with Crippen LogP contribution in [0.1, 0.15) is 77.6 Å². The van der Waals surface area contributed by atoms with E-state index in [4.69, 9.17) is 9.47 Å². The molecule has 0 unspecified atom stereocenters. The summed E-state index contributed by atoms with van der Waals surface area (Å²) in [6.45, 7) is 4.32. The number of rotatable bonds is 13. The number of carbonyl (C=O) groups excluding carboxylic acids is 2. The maximum atomic E-state index is 11.6. The highest BCUT2D eigenvalue weighted by molar-refractivity contribution is 5.73. The molecule has 2 N–H and O–H groups in total. The molecule has 0 aromatic carbocycles. The number of nitrogens with one attached hydrogen (secondary N) is 2. The number of esters is 1. The third-order valence-corrected chi connectivity index (χ3v) is 4.41. The van der Waals surface area contributed by atoms with Crippen LogP contribution in [-0.4, -0.2) is 44.4 Å². The first-order chi connectivity index (χ1) is 12.2. The van der Waals surface area contributed by atoms with Crippen LogP contribution in [0.5, 0.6) is 0 Å². The fourth-order valence-corrected chi connectivity index (χ4v) is 3.00. The molecule has 0 radical (unpaired) electrons. The molecule has 0 aliphatic heterocycles. The van der Waals surface area contributed by atoms with Crippen molar-refractivity contribution in [1.82, 2.24) is 10.6 Å². The SMILES string of the molecule is CCOC(=O)CCCCCCNC(=O)NCCCOC1CCCCC1. The molecule has 146 valence electrons. The quantitative estimate of drug-likeness (QED) is 0.391. The minimum atomic E-state index is -0.118. The third kappa shape index (κ3) is 12.7. The van der Waals surface area contributed by atoms with Gasteiger partial charge in [-0.15, -0.1) is 0 Å². The summed E-state index contributed by atoms with van der Waals surface area (Å²) in [6, 6.07) is -0.107. The highest BCUT2D eigenvalue weighted by Crippen LogP contribution is 2.20. The van der Waals surface area contributed by atoms with E-state index < -0.39 is 0 Å². The lowest BCUT2D eigenvalue weighted by Gasteiger charge is -2.21. The molecule has 2 amide bonds. The first-order valence-electron chi connectivity index (χ1n) is 10.0. The van der Waals surface area contributed by atoms with Crippen LogP contribution >= 0.6 is 0 Å². The maximum absolute atomic E-state index is 11.6. The molecule has 0 aromatic rings. The molecule has 6 heteroatoms. The molecule has 0 aromatic heterocycles. The fourth-order valence-electron chi connectivity index (χ4n) is 3.00. The number of carbonyl (C=O) groups is 2. The maximum Gasteiger partial charge on any atom is 0.314 e. The zero-order valence-corrected chi connectivity index (χ0v) is 15.8. The second-order valence-corrected chi connectivity index (χ2v) is 6.64. The van der Waals surface area contributed by atoms with Crippen LogP contribution in [-0.2, 0) is 14.3 Å². The summed E-state index contributed by atoms with van der Waals surface area (Å²) in [6.07, 6.45) is 11.9. The molecule has 0 saturated heterocycles. The summed E-state index contributed by atoms with van der Waals surface area (Å²) in [5, 5.41) is 5.72. The van der Waals surface area contributed by atoms with E-state index in [9.17, 15) is 9.59 Å². The van der Waals surface area contributed by atoms with Gasteiger partial charge in [0.2, 0.25) is 0 Å². The number of hydrogen-bond donors (Lipinski definition) is 2. The van der Waals surface area contributed by atoms with Gasteiger partial charge in [0.25, 0.3) is 0 Å². The van der Waals surface area contributed by atoms with E-state index in [-0.39, 0.29) is 12.0 Å². The van der Waals surface area contributed by atoms with Crippen LogP contribution in [0, 0.1) is 0 Å². The lowest BCUT2D eigenvalue weighted by molar-refractivity contribution is -0.143. The van der Waals surface area contributed by atoms with Gasteiger partial charge >= 0.3 is 12.0 Å². The van der Waals surface area contributed by atoms with Crippen LogP contribution in [0.25, 0.3) is 0 Å². The Hall–Kier alpha value is -1.30. The summed E-state index contributed by atoms with van der Waals surface area (Å²) in [5.74, 6) is -0.118. The van der Waals surface area contributed by atoms with Gasteiger partial charge in [-0.2, -0.15) is 0 Å². The molecule has 0 bridgehead atoms. The Bertz CT molecular complexity index is 357. The minimum Gasteiger partial charge on any atom is -0.466 e. The van der Waals surface area contributed by atoms with Crippen molar-refractivity contribution in [3.8, 4) is 0 Å². The Morgan fingerprint density at radius 1 is 0.920 bits per heavy atom. The van der Waals surface area contributed by atoms with Crippen molar-refractivity contribution in [3.63, 3.8) is 0 Å². The van der Waals surface area contributed by atoms with Crippen molar-refractivity contribution in [1.29, 1.82) is 0 Å². The number of unbranched alkanes of at least 4 members (excludes halogenated alkanes) is 3. The number of ether oxygens (including phenoxy) is 2. The van der Waals surface area contributed by atoms with Crippen LogP contribution in [0.4, 0.5) is 4.79 Å². The van der Waals surface area contributed by atoms with E-state index in [1.165, 1.54) is 32.1 Å². The largest absolute Gasteiger partial charge is 0.466 e. The number of urea groups is 1. The molecule has 1 fully saturated rings. The van der Waals surface area contributed by atoms with Crippen molar-refractivity contribution < 1.29 is 19.1 Å². The Kier molecular flexibility index (Phi) is 13.0. The lowest BCUT2D eigenvalue weighted by Crippen LogP contribution is -2.36. The average molecular weight is 357 g/mol. The van der Waals surface area contributed by atoms with Crippen LogP contribution in [0.3, 0.4) is 0 Å². The van der Waals surface area contributed by atoms with Crippen molar-refractivity contribution >= 4 is 12.0 Å². The van der Waals surface area contributed by atoms with E-state index in [0.29, 0.717) is 32.2 Å². The second kappa shape index (κ2) is 15.0. The Balaban J connectivity index is 1.81. The van der Waals surface area contributed by atoms with Crippen LogP contribution < -0.4 is 10.6 Å². The van der Waals surface area contributed by atoms with Crippen LogP contribution in [0.15, 0.2) is 0 Å². The third-order valence-electron chi connectivity index (χ3n) is 4.41. The summed E-state index contributed by atoms with van der Waals surface area (Å²) >= 11 is 0. The van der Waals surface area contributed by atoms with Crippen molar-refractivity contribution in [3.05, 3.63) is 0 Å². The van der Waals surface area contributed by atoms with E-state index in [1.807, 2.05) is 6.92 Å². The molecule has 1 saturated carbocycles. The highest BCUT2D eigenvalue weighted by Gasteiger charge is 2.13. The smallest absolute Gasteiger partial charge is 0.314 e. The summed E-state index contributed by atoms with van der Waals surface area (Å²) in [5.41, 5.74) is 0. The molecule has 0 atom stereocenters. The van der Waals surface area contributed by atoms with Gasteiger partial charge in [0.05, 0.1) is 12.7 Å². The minimum absolute atomic E-state index is 0.107.